The second-order valence-electron chi connectivity index (χ2n) is 5.07. The summed E-state index contributed by atoms with van der Waals surface area (Å²) in [7, 11) is 3.10. The minimum atomic E-state index is -0.627. The number of hydrogen-bond acceptors (Lipinski definition) is 7. The Morgan fingerprint density at radius 1 is 1.19 bits per heavy atom. The summed E-state index contributed by atoms with van der Waals surface area (Å²) in [5, 5.41) is 13.0. The predicted octanol–water partition coefficient (Wildman–Crippen LogP) is 1.18. The summed E-state index contributed by atoms with van der Waals surface area (Å²) in [5.74, 6) is 1.13. The maximum Gasteiger partial charge on any atom is 0.412 e. The maximum absolute atomic E-state index is 12.0. The van der Waals surface area contributed by atoms with E-state index in [-0.39, 0.29) is 24.9 Å². The van der Waals surface area contributed by atoms with Crippen molar-refractivity contribution >= 4 is 17.8 Å². The molecule has 140 valence electrons. The molecular weight excluding hydrogens is 342 g/mol. The molecule has 1 aromatic carbocycles. The summed E-state index contributed by atoms with van der Waals surface area (Å²) in [6.45, 7) is 2.17. The van der Waals surface area contributed by atoms with E-state index in [2.05, 4.69) is 20.8 Å². The molecule has 0 atom stereocenters. The number of hydrogen-bond donors (Lipinski definition) is 2. The Morgan fingerprint density at radius 3 is 2.65 bits per heavy atom. The van der Waals surface area contributed by atoms with E-state index >= 15 is 0 Å². The number of methoxy groups -OCH3 is 2. The van der Waals surface area contributed by atoms with Gasteiger partial charge in [-0.25, -0.2) is 4.79 Å². The number of carbonyl (C=O) groups is 2. The van der Waals surface area contributed by atoms with Crippen molar-refractivity contribution in [3.8, 4) is 11.5 Å². The first-order valence-electron chi connectivity index (χ1n) is 7.87. The lowest BCUT2D eigenvalue weighted by Gasteiger charge is -2.10. The monoisotopic (exact) mass is 363 g/mol. The minimum absolute atomic E-state index is 0.0855. The van der Waals surface area contributed by atoms with E-state index in [0.717, 1.165) is 5.56 Å². The Labute approximate surface area is 150 Å². The predicted molar refractivity (Wildman–Crippen MR) is 92.1 cm³/mol. The topological polar surface area (TPSA) is 117 Å². The van der Waals surface area contributed by atoms with Gasteiger partial charge in [0.1, 0.15) is 6.54 Å². The number of aromatic nitrogens is 3. The molecule has 26 heavy (non-hydrogen) atoms. The van der Waals surface area contributed by atoms with Crippen molar-refractivity contribution < 1.29 is 23.8 Å². The van der Waals surface area contributed by atoms with E-state index < -0.39 is 6.09 Å². The summed E-state index contributed by atoms with van der Waals surface area (Å²) in [6.07, 6.45) is 0.705. The molecule has 0 radical (unpaired) electrons. The molecule has 0 unspecified atom stereocenters. The summed E-state index contributed by atoms with van der Waals surface area (Å²) < 4.78 is 15.1. The third-order valence-electron chi connectivity index (χ3n) is 3.26. The second kappa shape index (κ2) is 9.25. The highest BCUT2D eigenvalue weighted by Gasteiger charge is 2.10. The van der Waals surface area contributed by atoms with Gasteiger partial charge in [-0.05, 0) is 24.6 Å². The van der Waals surface area contributed by atoms with Gasteiger partial charge >= 0.3 is 6.09 Å². The van der Waals surface area contributed by atoms with Crippen LogP contribution in [0.2, 0.25) is 0 Å². The van der Waals surface area contributed by atoms with Crippen LogP contribution in [-0.2, 0) is 22.6 Å². The molecule has 0 fully saturated rings. The molecule has 0 aliphatic heterocycles. The molecular formula is C16H21N5O5. The van der Waals surface area contributed by atoms with Crippen LogP contribution < -0.4 is 20.1 Å². The molecule has 0 aliphatic rings. The Hall–Kier alpha value is -3.30. The van der Waals surface area contributed by atoms with Gasteiger partial charge in [0.05, 0.1) is 27.0 Å². The van der Waals surface area contributed by atoms with E-state index in [1.54, 1.807) is 33.3 Å². The molecule has 10 heteroatoms. The van der Waals surface area contributed by atoms with Gasteiger partial charge in [0.15, 0.2) is 17.3 Å². The van der Waals surface area contributed by atoms with Crippen LogP contribution in [0.15, 0.2) is 24.4 Å². The van der Waals surface area contributed by atoms with Gasteiger partial charge in [-0.2, -0.15) is 9.90 Å². The standard InChI is InChI=1S/C16H21N5O5/c1-4-26-16(23)19-14-9-18-21(20-14)10-15(22)17-8-11-5-6-12(24-2)13(7-11)25-3/h5-7,9H,4,8,10H2,1-3H3,(H,17,22)(H,19,20,23). The van der Waals surface area contributed by atoms with Crippen LogP contribution in [0.4, 0.5) is 10.6 Å². The third kappa shape index (κ3) is 5.36. The molecule has 0 saturated heterocycles. The van der Waals surface area contributed by atoms with Crippen molar-refractivity contribution in [1.82, 2.24) is 20.3 Å². The lowest BCUT2D eigenvalue weighted by atomic mass is 10.2. The number of rotatable bonds is 8. The number of ether oxygens (including phenoxy) is 3. The number of carbonyl (C=O) groups excluding carboxylic acids is 2. The van der Waals surface area contributed by atoms with Crippen LogP contribution in [0.1, 0.15) is 12.5 Å². The van der Waals surface area contributed by atoms with E-state index in [9.17, 15) is 9.59 Å². The zero-order valence-corrected chi connectivity index (χ0v) is 14.8. The molecule has 1 aromatic heterocycles. The summed E-state index contributed by atoms with van der Waals surface area (Å²) in [4.78, 5) is 24.5. The van der Waals surface area contributed by atoms with Crippen LogP contribution in [-0.4, -0.2) is 47.8 Å². The fraction of sp³-hybridized carbons (Fsp3) is 0.375. The zero-order chi connectivity index (χ0) is 18.9. The molecule has 2 amide bonds. The fourth-order valence-corrected chi connectivity index (χ4v) is 2.08. The SMILES string of the molecule is CCOC(=O)Nc1cnn(CC(=O)NCc2ccc(OC)c(OC)c2)n1. The normalized spacial score (nSPS) is 10.1. The lowest BCUT2D eigenvalue weighted by molar-refractivity contribution is -0.122. The van der Waals surface area contributed by atoms with E-state index in [4.69, 9.17) is 14.2 Å². The highest BCUT2D eigenvalue weighted by molar-refractivity contribution is 5.83. The Kier molecular flexibility index (Phi) is 6.77. The second-order valence-corrected chi connectivity index (χ2v) is 5.07. The van der Waals surface area contributed by atoms with E-state index in [0.29, 0.717) is 18.0 Å². The van der Waals surface area contributed by atoms with Crippen molar-refractivity contribution in [2.45, 2.75) is 20.0 Å². The number of nitrogens with one attached hydrogen (secondary N) is 2. The van der Waals surface area contributed by atoms with Gasteiger partial charge in [-0.3, -0.25) is 10.1 Å². The molecule has 0 saturated carbocycles. The van der Waals surface area contributed by atoms with Gasteiger partial charge < -0.3 is 19.5 Å². The molecule has 1 heterocycles. The van der Waals surface area contributed by atoms with Crippen LogP contribution in [0.3, 0.4) is 0 Å². The molecule has 2 aromatic rings. The first kappa shape index (κ1) is 19.0. The molecule has 0 bridgehead atoms. The van der Waals surface area contributed by atoms with Gasteiger partial charge in [-0.1, -0.05) is 6.07 Å². The van der Waals surface area contributed by atoms with Crippen molar-refractivity contribution in [3.05, 3.63) is 30.0 Å². The fourth-order valence-electron chi connectivity index (χ4n) is 2.08. The summed E-state index contributed by atoms with van der Waals surface area (Å²) in [6, 6.07) is 5.38. The lowest BCUT2D eigenvalue weighted by Crippen LogP contribution is -2.28. The van der Waals surface area contributed by atoms with E-state index in [1.807, 2.05) is 6.07 Å². The van der Waals surface area contributed by atoms with Crippen LogP contribution in [0, 0.1) is 0 Å². The summed E-state index contributed by atoms with van der Waals surface area (Å²) in [5.41, 5.74) is 0.856. The first-order chi connectivity index (χ1) is 12.5. The van der Waals surface area contributed by atoms with Crippen LogP contribution in [0.25, 0.3) is 0 Å². The Bertz CT molecular complexity index is 761. The first-order valence-corrected chi connectivity index (χ1v) is 7.87. The molecule has 10 nitrogen and oxygen atoms in total. The molecule has 0 aliphatic carbocycles. The van der Waals surface area contributed by atoms with Crippen molar-refractivity contribution in [2.75, 3.05) is 26.1 Å². The highest BCUT2D eigenvalue weighted by Crippen LogP contribution is 2.27. The van der Waals surface area contributed by atoms with E-state index in [1.165, 1.54) is 11.0 Å². The highest BCUT2D eigenvalue weighted by atomic mass is 16.5. The smallest absolute Gasteiger partial charge is 0.412 e. The average molecular weight is 363 g/mol. The van der Waals surface area contributed by atoms with Gasteiger partial charge in [0.25, 0.3) is 0 Å². The molecule has 0 spiro atoms. The van der Waals surface area contributed by atoms with Crippen molar-refractivity contribution in [2.24, 2.45) is 0 Å². The van der Waals surface area contributed by atoms with Crippen LogP contribution in [0.5, 0.6) is 11.5 Å². The van der Waals surface area contributed by atoms with Crippen LogP contribution >= 0.6 is 0 Å². The quantitative estimate of drug-likeness (QED) is 0.723. The molecule has 2 rings (SSSR count). The average Bonchev–Trinajstić information content (AvgIpc) is 3.06. The van der Waals surface area contributed by atoms with Gasteiger partial charge in [0.2, 0.25) is 5.91 Å². The Balaban J connectivity index is 1.85. The maximum atomic E-state index is 12.0. The number of amides is 2. The third-order valence-corrected chi connectivity index (χ3v) is 3.26. The number of anilines is 1. The van der Waals surface area contributed by atoms with Crippen molar-refractivity contribution in [3.63, 3.8) is 0 Å². The molecule has 2 N–H and O–H groups in total. The zero-order valence-electron chi connectivity index (χ0n) is 14.8. The largest absolute Gasteiger partial charge is 0.493 e. The number of benzene rings is 1. The number of nitrogens with zero attached hydrogens (tertiary/aromatic N) is 3. The van der Waals surface area contributed by atoms with Gasteiger partial charge in [0, 0.05) is 6.54 Å². The summed E-state index contributed by atoms with van der Waals surface area (Å²) >= 11 is 0. The minimum Gasteiger partial charge on any atom is -0.493 e. The van der Waals surface area contributed by atoms with Gasteiger partial charge in [-0.15, -0.1) is 5.10 Å². The van der Waals surface area contributed by atoms with Crippen molar-refractivity contribution in [1.29, 1.82) is 0 Å². The Morgan fingerprint density at radius 2 is 1.96 bits per heavy atom.